The number of hydrogen-bond acceptors (Lipinski definition) is 4. The van der Waals surface area contributed by atoms with Crippen LogP contribution in [0.15, 0.2) is 15.9 Å². The largest absolute Gasteiger partial charge is 0.315 e. The Bertz CT molecular complexity index is 302. The Hall–Kier alpha value is -0.430. The first kappa shape index (κ1) is 10.6. The summed E-state index contributed by atoms with van der Waals surface area (Å²) in [5, 5.41) is 1.89. The predicted molar refractivity (Wildman–Crippen MR) is 56.1 cm³/mol. The van der Waals surface area contributed by atoms with Gasteiger partial charge in [-0.2, -0.15) is 0 Å². The molecule has 0 radical (unpaired) electrons. The van der Waals surface area contributed by atoms with Crippen molar-refractivity contribution in [2.24, 2.45) is 5.73 Å². The number of carbonyl (C=O) groups is 1. The smallest absolute Gasteiger partial charge is 0.256 e. The highest BCUT2D eigenvalue weighted by molar-refractivity contribution is 9.10. The number of nitrogens with two attached hydrogens (primary N) is 1. The third-order valence-electron chi connectivity index (χ3n) is 1.42. The minimum Gasteiger partial charge on any atom is -0.315 e. The lowest BCUT2D eigenvalue weighted by Gasteiger charge is -2.08. The Morgan fingerprint density at radius 1 is 1.77 bits per heavy atom. The van der Waals surface area contributed by atoms with Crippen LogP contribution in [0, 0.1) is 0 Å². The molecule has 72 valence electrons. The molecule has 0 aliphatic heterocycles. The normalized spacial score (nSPS) is 12.5. The van der Waals surface area contributed by atoms with Crippen molar-refractivity contribution in [1.29, 1.82) is 0 Å². The minimum atomic E-state index is -0.608. The molecule has 4 nitrogen and oxygen atoms in total. The zero-order chi connectivity index (χ0) is 9.84. The van der Waals surface area contributed by atoms with Crippen LogP contribution >= 0.6 is 27.3 Å². The summed E-state index contributed by atoms with van der Waals surface area (Å²) in [5.41, 5.74) is 10.6. The number of hydrogen-bond donors (Lipinski definition) is 3. The van der Waals surface area contributed by atoms with E-state index < -0.39 is 6.04 Å². The number of halogens is 1. The van der Waals surface area contributed by atoms with Crippen LogP contribution in [-0.2, 0) is 4.79 Å². The molecule has 0 aliphatic rings. The maximum Gasteiger partial charge on any atom is 0.256 e. The highest BCUT2D eigenvalue weighted by atomic mass is 79.9. The zero-order valence-corrected chi connectivity index (χ0v) is 9.41. The number of rotatable bonds is 3. The monoisotopic (exact) mass is 263 g/mol. The molecule has 1 rings (SSSR count). The van der Waals surface area contributed by atoms with E-state index in [-0.39, 0.29) is 5.91 Å². The van der Waals surface area contributed by atoms with Crippen molar-refractivity contribution < 1.29 is 4.79 Å². The van der Waals surface area contributed by atoms with E-state index in [2.05, 4.69) is 26.8 Å². The Kier molecular flexibility index (Phi) is 3.86. The molecule has 1 aromatic rings. The van der Waals surface area contributed by atoms with Crippen LogP contribution in [0.25, 0.3) is 0 Å². The van der Waals surface area contributed by atoms with Gasteiger partial charge in [-0.15, -0.1) is 11.3 Å². The van der Waals surface area contributed by atoms with Crippen LogP contribution in [0.4, 0.5) is 0 Å². The van der Waals surface area contributed by atoms with Gasteiger partial charge in [0.25, 0.3) is 5.91 Å². The first-order valence-electron chi connectivity index (χ1n) is 3.61. The lowest BCUT2D eigenvalue weighted by molar-refractivity contribution is -0.123. The van der Waals surface area contributed by atoms with Crippen molar-refractivity contribution in [3.63, 3.8) is 0 Å². The van der Waals surface area contributed by atoms with Crippen molar-refractivity contribution in [2.75, 3.05) is 7.05 Å². The fourth-order valence-electron chi connectivity index (χ4n) is 0.822. The third-order valence-corrected chi connectivity index (χ3v) is 3.20. The van der Waals surface area contributed by atoms with Gasteiger partial charge < -0.3 is 5.73 Å². The maximum absolute atomic E-state index is 11.2. The predicted octanol–water partition coefficient (Wildman–Crippen LogP) is 0.761. The molecule has 0 bridgehead atoms. The van der Waals surface area contributed by atoms with Crippen LogP contribution in [0.1, 0.15) is 10.9 Å². The van der Waals surface area contributed by atoms with Gasteiger partial charge in [0.15, 0.2) is 0 Å². The van der Waals surface area contributed by atoms with Gasteiger partial charge in [0, 0.05) is 21.8 Å². The molecular formula is C7H10BrN3OS. The van der Waals surface area contributed by atoms with Gasteiger partial charge in [-0.3, -0.25) is 10.2 Å². The zero-order valence-electron chi connectivity index (χ0n) is 7.00. The van der Waals surface area contributed by atoms with Gasteiger partial charge in [0.1, 0.15) is 6.04 Å². The lowest BCUT2D eigenvalue weighted by atomic mass is 10.2. The summed E-state index contributed by atoms with van der Waals surface area (Å²) in [6.07, 6.45) is 0. The molecule has 0 aromatic carbocycles. The van der Waals surface area contributed by atoms with Gasteiger partial charge in [-0.1, -0.05) is 0 Å². The molecule has 0 saturated heterocycles. The molecule has 1 atom stereocenters. The fourth-order valence-corrected chi connectivity index (χ4v) is 2.27. The quantitative estimate of drug-likeness (QED) is 0.706. The Morgan fingerprint density at radius 3 is 2.92 bits per heavy atom. The Balaban J connectivity index is 2.67. The van der Waals surface area contributed by atoms with Gasteiger partial charge >= 0.3 is 0 Å². The molecule has 13 heavy (non-hydrogen) atoms. The number of hydrazine groups is 1. The lowest BCUT2D eigenvalue weighted by Crippen LogP contribution is -2.40. The van der Waals surface area contributed by atoms with Crippen molar-refractivity contribution in [3.05, 3.63) is 20.8 Å². The van der Waals surface area contributed by atoms with E-state index >= 15 is 0 Å². The second-order valence-electron chi connectivity index (χ2n) is 2.38. The fraction of sp³-hybridized carbons (Fsp3) is 0.286. The minimum absolute atomic E-state index is 0.239. The summed E-state index contributed by atoms with van der Waals surface area (Å²) in [6.45, 7) is 0. The van der Waals surface area contributed by atoms with Crippen LogP contribution in [0.2, 0.25) is 0 Å². The summed E-state index contributed by atoms with van der Waals surface area (Å²) in [5.74, 6) is -0.239. The average molecular weight is 264 g/mol. The number of amides is 1. The molecule has 6 heteroatoms. The molecule has 1 amide bonds. The van der Waals surface area contributed by atoms with E-state index in [0.29, 0.717) is 0 Å². The Labute approximate surface area is 88.6 Å². The molecule has 0 aliphatic carbocycles. The van der Waals surface area contributed by atoms with Gasteiger partial charge in [0.2, 0.25) is 0 Å². The standard InChI is InChI=1S/C7H10BrN3OS/c1-10-11-7(12)6(9)5-2-4(8)3-13-5/h2-3,6,10H,9H2,1H3,(H,11,12). The summed E-state index contributed by atoms with van der Waals surface area (Å²) >= 11 is 4.75. The van der Waals surface area contributed by atoms with E-state index in [1.165, 1.54) is 11.3 Å². The molecule has 1 heterocycles. The van der Waals surface area contributed by atoms with E-state index in [0.717, 1.165) is 9.35 Å². The molecule has 1 aromatic heterocycles. The number of nitrogens with one attached hydrogen (secondary N) is 2. The van der Waals surface area contributed by atoms with Crippen molar-refractivity contribution in [3.8, 4) is 0 Å². The summed E-state index contributed by atoms with van der Waals surface area (Å²) in [6, 6.07) is 1.23. The second kappa shape index (κ2) is 4.71. The van der Waals surface area contributed by atoms with Crippen LogP contribution in [0.5, 0.6) is 0 Å². The number of carbonyl (C=O) groups excluding carboxylic acids is 1. The van der Waals surface area contributed by atoms with Gasteiger partial charge in [0.05, 0.1) is 0 Å². The molecule has 0 spiro atoms. The first-order chi connectivity index (χ1) is 6.15. The highest BCUT2D eigenvalue weighted by Crippen LogP contribution is 2.24. The third kappa shape index (κ3) is 2.77. The maximum atomic E-state index is 11.2. The molecule has 0 saturated carbocycles. The SMILES string of the molecule is CNNC(=O)C(N)c1cc(Br)cs1. The molecular weight excluding hydrogens is 254 g/mol. The van der Waals surface area contributed by atoms with Crippen molar-refractivity contribution in [1.82, 2.24) is 10.9 Å². The van der Waals surface area contributed by atoms with E-state index in [1.54, 1.807) is 7.05 Å². The molecule has 1 unspecified atom stereocenters. The molecule has 0 fully saturated rings. The van der Waals surface area contributed by atoms with Crippen molar-refractivity contribution in [2.45, 2.75) is 6.04 Å². The highest BCUT2D eigenvalue weighted by Gasteiger charge is 2.16. The van der Waals surface area contributed by atoms with E-state index in [4.69, 9.17) is 5.73 Å². The van der Waals surface area contributed by atoms with Gasteiger partial charge in [-0.05, 0) is 22.0 Å². The Morgan fingerprint density at radius 2 is 2.46 bits per heavy atom. The van der Waals surface area contributed by atoms with Crippen molar-refractivity contribution >= 4 is 33.2 Å². The van der Waals surface area contributed by atoms with Crippen LogP contribution < -0.4 is 16.6 Å². The summed E-state index contributed by atoms with van der Waals surface area (Å²) in [7, 11) is 1.62. The summed E-state index contributed by atoms with van der Waals surface area (Å²) in [4.78, 5) is 12.1. The van der Waals surface area contributed by atoms with Gasteiger partial charge in [-0.25, -0.2) is 5.43 Å². The molecule has 4 N–H and O–H groups in total. The average Bonchev–Trinajstić information content (AvgIpc) is 2.51. The van der Waals surface area contributed by atoms with E-state index in [9.17, 15) is 4.79 Å². The second-order valence-corrected chi connectivity index (χ2v) is 4.24. The van der Waals surface area contributed by atoms with E-state index in [1.807, 2.05) is 11.4 Å². The van der Waals surface area contributed by atoms with Crippen LogP contribution in [-0.4, -0.2) is 13.0 Å². The first-order valence-corrected chi connectivity index (χ1v) is 5.28. The topological polar surface area (TPSA) is 67.1 Å². The number of thiophene rings is 1. The van der Waals surface area contributed by atoms with Crippen LogP contribution in [0.3, 0.4) is 0 Å². The summed E-state index contributed by atoms with van der Waals surface area (Å²) < 4.78 is 0.945.